The van der Waals surface area contributed by atoms with Crippen molar-refractivity contribution in [1.29, 1.82) is 5.26 Å². The topological polar surface area (TPSA) is 94.6 Å². The van der Waals surface area contributed by atoms with E-state index in [0.717, 1.165) is 0 Å². The van der Waals surface area contributed by atoms with Crippen molar-refractivity contribution in [2.24, 2.45) is 5.73 Å². The molecule has 2 N–H and O–H groups in total. The zero-order valence-electron chi connectivity index (χ0n) is 16.9. The molecule has 2 aromatic rings. The first-order chi connectivity index (χ1) is 14.9. The molecule has 0 spiro atoms. The van der Waals surface area contributed by atoms with Gasteiger partial charge >= 0.3 is 5.97 Å². The average Bonchev–Trinajstić information content (AvgIpc) is 2.73. The Morgan fingerprint density at radius 1 is 1.32 bits per heavy atom. The fraction of sp³-hybridized carbons (Fsp3) is 0.217. The molecule has 1 atom stereocenters. The van der Waals surface area contributed by atoms with Gasteiger partial charge < -0.3 is 19.9 Å². The Morgan fingerprint density at radius 3 is 2.74 bits per heavy atom. The maximum Gasteiger partial charge on any atom is 0.338 e. The van der Waals surface area contributed by atoms with Gasteiger partial charge in [-0.25, -0.2) is 9.18 Å². The van der Waals surface area contributed by atoms with Crippen molar-refractivity contribution < 1.29 is 23.4 Å². The summed E-state index contributed by atoms with van der Waals surface area (Å²) in [6, 6.07) is 12.9. The third kappa shape index (κ3) is 4.65. The van der Waals surface area contributed by atoms with Crippen molar-refractivity contribution in [2.75, 3.05) is 6.61 Å². The van der Waals surface area contributed by atoms with E-state index >= 15 is 0 Å². The number of hydrogen-bond donors (Lipinski definition) is 1. The van der Waals surface area contributed by atoms with Crippen LogP contribution < -0.4 is 10.5 Å². The largest absolute Gasteiger partial charge is 0.488 e. The lowest BCUT2D eigenvalue weighted by atomic mass is 9.82. The molecule has 2 aromatic carbocycles. The summed E-state index contributed by atoms with van der Waals surface area (Å²) in [5, 5.41) is 10.2. The highest BCUT2D eigenvalue weighted by molar-refractivity contribution is 6.31. The predicted octanol–water partition coefficient (Wildman–Crippen LogP) is 4.70. The van der Waals surface area contributed by atoms with Crippen LogP contribution in [0.5, 0.6) is 5.75 Å². The summed E-state index contributed by atoms with van der Waals surface area (Å²) >= 11 is 6.19. The maximum absolute atomic E-state index is 14.1. The van der Waals surface area contributed by atoms with E-state index in [4.69, 9.17) is 31.5 Å². The first-order valence-corrected chi connectivity index (χ1v) is 9.86. The molecule has 0 aromatic heterocycles. The third-order valence-electron chi connectivity index (χ3n) is 4.73. The van der Waals surface area contributed by atoms with Crippen LogP contribution in [0.2, 0.25) is 5.02 Å². The number of ether oxygens (including phenoxy) is 3. The summed E-state index contributed by atoms with van der Waals surface area (Å²) < 4.78 is 30.5. The molecule has 1 heterocycles. The number of carbonyl (C=O) groups is 1. The monoisotopic (exact) mass is 442 g/mol. The highest BCUT2D eigenvalue weighted by atomic mass is 35.5. The second-order valence-corrected chi connectivity index (χ2v) is 7.08. The van der Waals surface area contributed by atoms with E-state index in [0.29, 0.717) is 16.1 Å². The number of benzene rings is 2. The number of esters is 1. The Labute approximate surface area is 184 Å². The molecule has 8 heteroatoms. The Morgan fingerprint density at radius 2 is 2.06 bits per heavy atom. The van der Waals surface area contributed by atoms with Gasteiger partial charge in [0.1, 0.15) is 35.6 Å². The molecule has 1 aliphatic rings. The van der Waals surface area contributed by atoms with Gasteiger partial charge in [0.25, 0.3) is 0 Å². The van der Waals surface area contributed by atoms with Gasteiger partial charge in [-0.2, -0.15) is 5.26 Å². The quantitative estimate of drug-likeness (QED) is 0.651. The SMILES string of the molecule is CCOC(=O)C1=C(C)OC(N)=C(C#N)C1c1ccc(F)cc1OCc1ccccc1Cl. The number of rotatable bonds is 6. The van der Waals surface area contributed by atoms with E-state index in [-0.39, 0.29) is 41.8 Å². The van der Waals surface area contributed by atoms with E-state index in [1.165, 1.54) is 18.2 Å². The summed E-state index contributed by atoms with van der Waals surface area (Å²) in [7, 11) is 0. The standard InChI is InChI=1S/C23H20ClFN2O4/c1-3-29-23(28)20-13(2)31-22(27)17(11-26)21(20)16-9-8-15(25)10-19(16)30-12-14-6-4-5-7-18(14)24/h4-10,21H,3,12,27H2,1-2H3. The number of halogens is 2. The molecule has 0 radical (unpaired) electrons. The zero-order chi connectivity index (χ0) is 22.5. The van der Waals surface area contributed by atoms with Crippen molar-refractivity contribution in [3.05, 3.63) is 87.2 Å². The second kappa shape index (κ2) is 9.54. The minimum absolute atomic E-state index is 0.00264. The number of carbonyl (C=O) groups excluding carboxylic acids is 1. The van der Waals surface area contributed by atoms with Crippen LogP contribution in [0.25, 0.3) is 0 Å². The second-order valence-electron chi connectivity index (χ2n) is 6.68. The lowest BCUT2D eigenvalue weighted by Crippen LogP contribution is -2.26. The van der Waals surface area contributed by atoms with Gasteiger partial charge in [-0.15, -0.1) is 0 Å². The summed E-state index contributed by atoms with van der Waals surface area (Å²) in [5.74, 6) is -1.95. The van der Waals surface area contributed by atoms with Crippen molar-refractivity contribution in [1.82, 2.24) is 0 Å². The Balaban J connectivity index is 2.09. The van der Waals surface area contributed by atoms with Crippen LogP contribution in [0.4, 0.5) is 4.39 Å². The molecule has 0 amide bonds. The maximum atomic E-state index is 14.1. The molecule has 1 unspecified atom stereocenters. The van der Waals surface area contributed by atoms with Crippen LogP contribution in [-0.4, -0.2) is 12.6 Å². The van der Waals surface area contributed by atoms with Crippen LogP contribution in [0.1, 0.15) is 30.9 Å². The number of nitrogens with zero attached hydrogens (tertiary/aromatic N) is 1. The zero-order valence-corrected chi connectivity index (χ0v) is 17.7. The number of allylic oxidation sites excluding steroid dienone is 2. The minimum Gasteiger partial charge on any atom is -0.488 e. The summed E-state index contributed by atoms with van der Waals surface area (Å²) in [6.07, 6.45) is 0. The normalized spacial score (nSPS) is 15.9. The van der Waals surface area contributed by atoms with Crippen molar-refractivity contribution in [3.63, 3.8) is 0 Å². The van der Waals surface area contributed by atoms with Crippen molar-refractivity contribution in [2.45, 2.75) is 26.4 Å². The first kappa shape index (κ1) is 22.2. The molecule has 0 aliphatic carbocycles. The first-order valence-electron chi connectivity index (χ1n) is 9.48. The molecule has 6 nitrogen and oxygen atoms in total. The van der Waals surface area contributed by atoms with Crippen LogP contribution >= 0.6 is 11.6 Å². The molecule has 31 heavy (non-hydrogen) atoms. The predicted molar refractivity (Wildman–Crippen MR) is 112 cm³/mol. The van der Waals surface area contributed by atoms with E-state index < -0.39 is 17.7 Å². The van der Waals surface area contributed by atoms with E-state index in [9.17, 15) is 14.4 Å². The van der Waals surface area contributed by atoms with Gasteiger partial charge in [0, 0.05) is 22.2 Å². The summed E-state index contributed by atoms with van der Waals surface area (Å²) in [5.41, 5.74) is 7.09. The molecule has 0 fully saturated rings. The van der Waals surface area contributed by atoms with Gasteiger partial charge in [0.05, 0.1) is 18.1 Å². The highest BCUT2D eigenvalue weighted by Crippen LogP contribution is 2.43. The summed E-state index contributed by atoms with van der Waals surface area (Å²) in [4.78, 5) is 12.7. The molecular weight excluding hydrogens is 423 g/mol. The van der Waals surface area contributed by atoms with E-state index in [1.54, 1.807) is 38.1 Å². The van der Waals surface area contributed by atoms with Gasteiger partial charge in [0.15, 0.2) is 0 Å². The van der Waals surface area contributed by atoms with E-state index in [1.807, 2.05) is 6.07 Å². The van der Waals surface area contributed by atoms with Crippen LogP contribution in [0.3, 0.4) is 0 Å². The lowest BCUT2D eigenvalue weighted by Gasteiger charge is -2.28. The lowest BCUT2D eigenvalue weighted by molar-refractivity contribution is -0.139. The van der Waals surface area contributed by atoms with Gasteiger partial charge in [-0.1, -0.05) is 35.9 Å². The number of hydrogen-bond acceptors (Lipinski definition) is 6. The molecular formula is C23H20ClFN2O4. The molecule has 160 valence electrons. The summed E-state index contributed by atoms with van der Waals surface area (Å²) in [6.45, 7) is 3.40. The highest BCUT2D eigenvalue weighted by Gasteiger charge is 2.38. The molecule has 0 saturated heterocycles. The van der Waals surface area contributed by atoms with Crippen LogP contribution in [0, 0.1) is 17.1 Å². The molecule has 0 bridgehead atoms. The Kier molecular flexibility index (Phi) is 6.83. The van der Waals surface area contributed by atoms with Crippen molar-refractivity contribution in [3.8, 4) is 11.8 Å². The Bertz CT molecular complexity index is 1120. The fourth-order valence-electron chi connectivity index (χ4n) is 3.31. The third-order valence-corrected chi connectivity index (χ3v) is 5.10. The van der Waals surface area contributed by atoms with Crippen LogP contribution in [-0.2, 0) is 20.9 Å². The number of nitrogens with two attached hydrogens (primary N) is 1. The fourth-order valence-corrected chi connectivity index (χ4v) is 3.50. The minimum atomic E-state index is -0.945. The smallest absolute Gasteiger partial charge is 0.338 e. The Hall–Kier alpha value is -3.50. The van der Waals surface area contributed by atoms with Gasteiger partial charge in [-0.05, 0) is 26.0 Å². The van der Waals surface area contributed by atoms with Crippen LogP contribution in [0.15, 0.2) is 65.3 Å². The molecule has 1 aliphatic heterocycles. The average molecular weight is 443 g/mol. The van der Waals surface area contributed by atoms with Gasteiger partial charge in [-0.3, -0.25) is 0 Å². The number of nitriles is 1. The van der Waals surface area contributed by atoms with Crippen molar-refractivity contribution >= 4 is 17.6 Å². The molecule has 3 rings (SSSR count). The van der Waals surface area contributed by atoms with E-state index in [2.05, 4.69) is 0 Å². The molecule has 0 saturated carbocycles. The van der Waals surface area contributed by atoms with Gasteiger partial charge in [0.2, 0.25) is 5.88 Å².